The third kappa shape index (κ3) is 4.78. The van der Waals surface area contributed by atoms with E-state index in [9.17, 15) is 4.79 Å². The first-order valence-electron chi connectivity index (χ1n) is 11.4. The molecule has 0 atom stereocenters. The molecule has 33 heavy (non-hydrogen) atoms. The van der Waals surface area contributed by atoms with Crippen molar-refractivity contribution in [3.63, 3.8) is 0 Å². The highest BCUT2D eigenvalue weighted by Gasteiger charge is 2.20. The molecular formula is C28H29ClN2OS. The lowest BCUT2D eigenvalue weighted by atomic mass is 9.98. The number of hydrogen-bond acceptors (Lipinski definition) is 2. The molecule has 0 aliphatic rings. The van der Waals surface area contributed by atoms with E-state index in [1.807, 2.05) is 24.3 Å². The van der Waals surface area contributed by atoms with Crippen LogP contribution in [0.2, 0.25) is 5.02 Å². The molecule has 2 N–H and O–H groups in total. The average Bonchev–Trinajstić information content (AvgIpc) is 3.16. The molecule has 4 rings (SSSR count). The van der Waals surface area contributed by atoms with Gasteiger partial charge in [-0.25, -0.2) is 4.79 Å². The summed E-state index contributed by atoms with van der Waals surface area (Å²) in [6.45, 7) is 8.58. The van der Waals surface area contributed by atoms with Gasteiger partial charge in [-0.15, -0.1) is 11.3 Å². The highest BCUT2D eigenvalue weighted by molar-refractivity contribution is 7.23. The van der Waals surface area contributed by atoms with Gasteiger partial charge in [0.15, 0.2) is 0 Å². The van der Waals surface area contributed by atoms with Gasteiger partial charge in [0.1, 0.15) is 5.00 Å². The van der Waals surface area contributed by atoms with E-state index in [4.69, 9.17) is 11.6 Å². The van der Waals surface area contributed by atoms with Gasteiger partial charge in [0.2, 0.25) is 0 Å². The van der Waals surface area contributed by atoms with E-state index in [2.05, 4.69) is 74.7 Å². The smallest absolute Gasteiger partial charge is 0.307 e. The number of thiophene rings is 1. The van der Waals surface area contributed by atoms with Crippen molar-refractivity contribution < 1.29 is 4.79 Å². The van der Waals surface area contributed by atoms with E-state index in [0.29, 0.717) is 10.9 Å². The maximum atomic E-state index is 13.2. The quantitative estimate of drug-likeness (QED) is 0.286. The van der Waals surface area contributed by atoms with Crippen molar-refractivity contribution in [3.8, 4) is 11.1 Å². The van der Waals surface area contributed by atoms with Crippen LogP contribution in [0, 0.1) is 0 Å². The molecule has 4 aromatic rings. The number of anilines is 2. The summed E-state index contributed by atoms with van der Waals surface area (Å²) in [5, 5.41) is 8.83. The second kappa shape index (κ2) is 9.98. The number of urea groups is 1. The number of nitrogens with one attached hydrogen (secondary N) is 2. The lowest BCUT2D eigenvalue weighted by molar-refractivity contribution is 0.262. The van der Waals surface area contributed by atoms with Gasteiger partial charge < -0.3 is 5.32 Å². The minimum atomic E-state index is -0.241. The van der Waals surface area contributed by atoms with Crippen LogP contribution in [-0.2, 0) is 12.8 Å². The molecule has 0 saturated carbocycles. The summed E-state index contributed by atoms with van der Waals surface area (Å²) >= 11 is 8.19. The standard InChI is InChI=1S/C28H29ClN2OS/c1-5-18-10-9-11-19(6-2)26(18)30-28(32)31-27-25(21-12-7-8-13-23(21)29)22-16-20(17(3)4)14-15-24(22)33-27/h7-17H,5-6H2,1-4H3,(H2,30,31,32). The Morgan fingerprint density at radius 2 is 1.64 bits per heavy atom. The fourth-order valence-corrected chi connectivity index (χ4v) is 5.47. The van der Waals surface area contributed by atoms with E-state index < -0.39 is 0 Å². The summed E-state index contributed by atoms with van der Waals surface area (Å²) in [5.41, 5.74) is 6.32. The highest BCUT2D eigenvalue weighted by Crippen LogP contribution is 2.45. The van der Waals surface area contributed by atoms with Crippen molar-refractivity contribution in [2.45, 2.75) is 46.5 Å². The Morgan fingerprint density at radius 3 is 2.27 bits per heavy atom. The monoisotopic (exact) mass is 476 g/mol. The fourth-order valence-electron chi connectivity index (χ4n) is 4.14. The minimum Gasteiger partial charge on any atom is -0.307 e. The zero-order chi connectivity index (χ0) is 23.5. The molecule has 0 radical (unpaired) electrons. The van der Waals surface area contributed by atoms with E-state index in [1.165, 1.54) is 5.56 Å². The van der Waals surface area contributed by atoms with E-state index in [1.54, 1.807) is 11.3 Å². The third-order valence-electron chi connectivity index (χ3n) is 5.99. The molecule has 1 aromatic heterocycles. The number of hydrogen-bond donors (Lipinski definition) is 2. The van der Waals surface area contributed by atoms with Gasteiger partial charge >= 0.3 is 6.03 Å². The van der Waals surface area contributed by atoms with Crippen molar-refractivity contribution in [3.05, 3.63) is 82.4 Å². The van der Waals surface area contributed by atoms with Crippen molar-refractivity contribution in [1.29, 1.82) is 0 Å². The lowest BCUT2D eigenvalue weighted by Gasteiger charge is -2.15. The Balaban J connectivity index is 1.78. The maximum Gasteiger partial charge on any atom is 0.324 e. The van der Waals surface area contributed by atoms with Crippen LogP contribution in [0.25, 0.3) is 21.2 Å². The van der Waals surface area contributed by atoms with Crippen molar-refractivity contribution in [1.82, 2.24) is 0 Å². The molecule has 0 bridgehead atoms. The Bertz CT molecular complexity index is 1290. The van der Waals surface area contributed by atoms with Gasteiger partial charge in [0, 0.05) is 31.9 Å². The summed E-state index contributed by atoms with van der Waals surface area (Å²) in [6.07, 6.45) is 1.71. The minimum absolute atomic E-state index is 0.241. The van der Waals surface area contributed by atoms with Crippen LogP contribution in [0.1, 0.15) is 50.3 Å². The Hall–Kier alpha value is -2.82. The van der Waals surface area contributed by atoms with Crippen LogP contribution in [0.5, 0.6) is 0 Å². The number of fused-ring (bicyclic) bond motifs is 1. The van der Waals surface area contributed by atoms with E-state index in [0.717, 1.165) is 55.9 Å². The zero-order valence-corrected chi connectivity index (χ0v) is 21.0. The van der Waals surface area contributed by atoms with Crippen LogP contribution >= 0.6 is 22.9 Å². The summed E-state index contributed by atoms with van der Waals surface area (Å²) in [5.74, 6) is 0.408. The second-order valence-corrected chi connectivity index (χ2v) is 9.89. The molecule has 2 amide bonds. The van der Waals surface area contributed by atoms with Crippen LogP contribution in [0.4, 0.5) is 15.5 Å². The fraction of sp³-hybridized carbons (Fsp3) is 0.250. The first kappa shape index (κ1) is 23.3. The molecule has 0 fully saturated rings. The van der Waals surface area contributed by atoms with Crippen molar-refractivity contribution in [2.24, 2.45) is 0 Å². The van der Waals surface area contributed by atoms with Crippen molar-refractivity contribution in [2.75, 3.05) is 10.6 Å². The van der Waals surface area contributed by atoms with Crippen LogP contribution in [-0.4, -0.2) is 6.03 Å². The molecule has 0 aliphatic heterocycles. The third-order valence-corrected chi connectivity index (χ3v) is 7.40. The number of aryl methyl sites for hydroxylation is 2. The van der Waals surface area contributed by atoms with Gasteiger partial charge in [-0.2, -0.15) is 0 Å². The summed E-state index contributed by atoms with van der Waals surface area (Å²) in [7, 11) is 0. The molecule has 0 unspecified atom stereocenters. The molecule has 170 valence electrons. The van der Waals surface area contributed by atoms with Gasteiger partial charge in [-0.1, -0.05) is 81.8 Å². The normalized spacial score (nSPS) is 11.2. The lowest BCUT2D eigenvalue weighted by Crippen LogP contribution is -2.21. The predicted octanol–water partition coefficient (Wildman–Crippen LogP) is 9.11. The summed E-state index contributed by atoms with van der Waals surface area (Å²) in [6, 6.07) is 20.3. The molecular weight excluding hydrogens is 448 g/mol. The number of carbonyl (C=O) groups is 1. The largest absolute Gasteiger partial charge is 0.324 e. The van der Waals surface area contributed by atoms with Crippen LogP contribution < -0.4 is 10.6 Å². The predicted molar refractivity (Wildman–Crippen MR) is 144 cm³/mol. The van der Waals surface area contributed by atoms with Crippen LogP contribution in [0.3, 0.4) is 0 Å². The molecule has 3 nitrogen and oxygen atoms in total. The molecule has 0 spiro atoms. The number of benzene rings is 3. The highest BCUT2D eigenvalue weighted by atomic mass is 35.5. The number of carbonyl (C=O) groups excluding carboxylic acids is 1. The first-order chi connectivity index (χ1) is 15.9. The Morgan fingerprint density at radius 1 is 0.939 bits per heavy atom. The number of amides is 2. The summed E-state index contributed by atoms with van der Waals surface area (Å²) in [4.78, 5) is 13.2. The number of halogens is 1. The number of para-hydroxylation sites is 1. The van der Waals surface area contributed by atoms with Gasteiger partial charge in [-0.3, -0.25) is 5.32 Å². The Labute approximate surface area is 204 Å². The molecule has 3 aromatic carbocycles. The number of rotatable bonds is 6. The maximum absolute atomic E-state index is 13.2. The SMILES string of the molecule is CCc1cccc(CC)c1NC(=O)Nc1sc2ccc(C(C)C)cc2c1-c1ccccc1Cl. The molecule has 5 heteroatoms. The topological polar surface area (TPSA) is 41.1 Å². The van der Waals surface area contributed by atoms with Gasteiger partial charge in [0.25, 0.3) is 0 Å². The van der Waals surface area contributed by atoms with Crippen molar-refractivity contribution >= 4 is 49.7 Å². The molecule has 1 heterocycles. The van der Waals surface area contributed by atoms with Crippen LogP contribution in [0.15, 0.2) is 60.7 Å². The zero-order valence-electron chi connectivity index (χ0n) is 19.5. The Kier molecular flexibility index (Phi) is 7.06. The first-order valence-corrected chi connectivity index (χ1v) is 12.6. The molecule has 0 saturated heterocycles. The van der Waals surface area contributed by atoms with Gasteiger partial charge in [-0.05, 0) is 53.6 Å². The molecule has 0 aliphatic carbocycles. The average molecular weight is 477 g/mol. The van der Waals surface area contributed by atoms with E-state index in [-0.39, 0.29) is 6.03 Å². The van der Waals surface area contributed by atoms with Gasteiger partial charge in [0.05, 0.1) is 0 Å². The second-order valence-electron chi connectivity index (χ2n) is 8.43. The van der Waals surface area contributed by atoms with E-state index >= 15 is 0 Å². The summed E-state index contributed by atoms with van der Waals surface area (Å²) < 4.78 is 1.12.